The fourth-order valence-electron chi connectivity index (χ4n) is 3.80. The van der Waals surface area contributed by atoms with Gasteiger partial charge in [-0.05, 0) is 55.7 Å². The van der Waals surface area contributed by atoms with Gasteiger partial charge in [-0.1, -0.05) is 54.6 Å². The number of methoxy groups -OCH3 is 1. The number of rotatable bonds is 9. The maximum absolute atomic E-state index is 11.2. The summed E-state index contributed by atoms with van der Waals surface area (Å²) in [4.78, 5) is 11.2. The molecule has 0 aliphatic rings. The molecule has 0 spiro atoms. The minimum absolute atomic E-state index is 0.357. The third kappa shape index (κ3) is 5.25. The summed E-state index contributed by atoms with van der Waals surface area (Å²) in [5, 5.41) is 7.04. The van der Waals surface area contributed by atoms with Crippen molar-refractivity contribution in [1.82, 2.24) is 5.32 Å². The highest BCUT2D eigenvalue weighted by Crippen LogP contribution is 2.55. The molecule has 0 heterocycles. The number of benzene rings is 3. The quantitative estimate of drug-likeness (QED) is 0.420. The van der Waals surface area contributed by atoms with E-state index in [0.29, 0.717) is 6.54 Å². The first kappa shape index (κ1) is 21.1. The molecule has 0 aliphatic carbocycles. The standard InChI is InChI=1S/C25H28NO2P/c1-28-25(27)26-20-12-5-13-21-29(22-14-6-2-7-15-22,23-16-8-3-9-17-23)24-18-10-4-11-19-24/h2-4,6-11,14-19H,5,12-13,20-21H2,1H3/p+1. The van der Waals surface area contributed by atoms with Crippen LogP contribution in [0.15, 0.2) is 91.0 Å². The van der Waals surface area contributed by atoms with Gasteiger partial charge in [0.2, 0.25) is 0 Å². The third-order valence-corrected chi connectivity index (χ3v) is 9.74. The Hall–Kier alpha value is -2.64. The highest BCUT2D eigenvalue weighted by atomic mass is 31.2. The molecule has 4 heteroatoms. The van der Waals surface area contributed by atoms with Gasteiger partial charge in [0.05, 0.1) is 13.3 Å². The minimum Gasteiger partial charge on any atom is -0.453 e. The molecular weight excluding hydrogens is 377 g/mol. The summed E-state index contributed by atoms with van der Waals surface area (Å²) < 4.78 is 4.64. The number of alkyl carbamates (subject to hydrolysis) is 1. The monoisotopic (exact) mass is 406 g/mol. The van der Waals surface area contributed by atoms with E-state index in [9.17, 15) is 4.79 Å². The maximum atomic E-state index is 11.2. The molecule has 3 aromatic rings. The maximum Gasteiger partial charge on any atom is 0.406 e. The molecule has 0 saturated heterocycles. The van der Waals surface area contributed by atoms with E-state index in [2.05, 4.69) is 101 Å². The normalized spacial score (nSPS) is 11.1. The Morgan fingerprint density at radius 1 is 0.724 bits per heavy atom. The van der Waals surface area contributed by atoms with Gasteiger partial charge in [-0.3, -0.25) is 0 Å². The van der Waals surface area contributed by atoms with Crippen molar-refractivity contribution in [1.29, 1.82) is 0 Å². The van der Waals surface area contributed by atoms with Crippen LogP contribution in [0.4, 0.5) is 4.79 Å². The fourth-order valence-corrected chi connectivity index (χ4v) is 8.21. The first-order valence-electron chi connectivity index (χ1n) is 10.1. The first-order chi connectivity index (χ1) is 14.3. The molecule has 0 radical (unpaired) electrons. The van der Waals surface area contributed by atoms with Crippen LogP contribution in [-0.4, -0.2) is 25.9 Å². The summed E-state index contributed by atoms with van der Waals surface area (Å²) in [6, 6.07) is 32.9. The van der Waals surface area contributed by atoms with E-state index < -0.39 is 7.26 Å². The molecule has 0 unspecified atom stereocenters. The van der Waals surface area contributed by atoms with E-state index in [1.807, 2.05) is 0 Å². The molecule has 1 N–H and O–H groups in total. The lowest BCUT2D eigenvalue weighted by atomic mass is 10.2. The molecule has 29 heavy (non-hydrogen) atoms. The molecule has 0 aliphatic heterocycles. The second-order valence-electron chi connectivity index (χ2n) is 7.02. The predicted octanol–water partition coefficient (Wildman–Crippen LogP) is 4.51. The molecule has 0 atom stereocenters. The number of carbonyl (C=O) groups excluding carboxylic acids is 1. The number of unbranched alkanes of at least 4 members (excludes halogenated alkanes) is 2. The average Bonchev–Trinajstić information content (AvgIpc) is 2.80. The second-order valence-corrected chi connectivity index (χ2v) is 10.6. The topological polar surface area (TPSA) is 38.3 Å². The number of hydrogen-bond donors (Lipinski definition) is 1. The van der Waals surface area contributed by atoms with Gasteiger partial charge in [0.1, 0.15) is 23.2 Å². The van der Waals surface area contributed by atoms with Gasteiger partial charge in [0.15, 0.2) is 0 Å². The molecule has 150 valence electrons. The lowest BCUT2D eigenvalue weighted by Crippen LogP contribution is -2.33. The Bertz CT molecular complexity index is 772. The van der Waals surface area contributed by atoms with Crippen LogP contribution in [0.5, 0.6) is 0 Å². The first-order valence-corrected chi connectivity index (χ1v) is 12.1. The zero-order chi connectivity index (χ0) is 20.4. The number of hydrogen-bond acceptors (Lipinski definition) is 2. The molecule has 0 aromatic heterocycles. The van der Waals surface area contributed by atoms with Crippen LogP contribution < -0.4 is 21.2 Å². The van der Waals surface area contributed by atoms with Crippen molar-refractivity contribution in [2.24, 2.45) is 0 Å². The molecule has 3 aromatic carbocycles. The molecule has 0 fully saturated rings. The Morgan fingerprint density at radius 3 is 1.59 bits per heavy atom. The van der Waals surface area contributed by atoms with Crippen LogP contribution in [-0.2, 0) is 4.74 Å². The van der Waals surface area contributed by atoms with Gasteiger partial charge < -0.3 is 10.1 Å². The van der Waals surface area contributed by atoms with Crippen molar-refractivity contribution in [3.63, 3.8) is 0 Å². The van der Waals surface area contributed by atoms with E-state index in [-0.39, 0.29) is 6.09 Å². The molecule has 1 amide bonds. The van der Waals surface area contributed by atoms with Crippen LogP contribution >= 0.6 is 7.26 Å². The van der Waals surface area contributed by atoms with Crippen molar-refractivity contribution in [2.45, 2.75) is 19.3 Å². The van der Waals surface area contributed by atoms with Crippen molar-refractivity contribution in [3.05, 3.63) is 91.0 Å². The van der Waals surface area contributed by atoms with E-state index in [0.717, 1.165) is 25.4 Å². The van der Waals surface area contributed by atoms with Crippen molar-refractivity contribution >= 4 is 29.3 Å². The third-order valence-electron chi connectivity index (χ3n) is 5.22. The van der Waals surface area contributed by atoms with Gasteiger partial charge >= 0.3 is 6.09 Å². The minimum atomic E-state index is -1.74. The number of nitrogens with one attached hydrogen (secondary N) is 1. The highest BCUT2D eigenvalue weighted by Gasteiger charge is 2.44. The van der Waals surface area contributed by atoms with Gasteiger partial charge in [-0.2, -0.15) is 0 Å². The zero-order valence-corrected chi connectivity index (χ0v) is 17.9. The molecule has 0 saturated carbocycles. The van der Waals surface area contributed by atoms with Crippen LogP contribution in [0, 0.1) is 0 Å². The Morgan fingerprint density at radius 2 is 1.17 bits per heavy atom. The van der Waals surface area contributed by atoms with E-state index >= 15 is 0 Å². The number of ether oxygens (including phenoxy) is 1. The van der Waals surface area contributed by atoms with E-state index in [1.165, 1.54) is 23.0 Å². The smallest absolute Gasteiger partial charge is 0.406 e. The summed E-state index contributed by atoms with van der Waals surface area (Å²) in [7, 11) is -0.342. The second kappa shape index (κ2) is 10.8. The van der Waals surface area contributed by atoms with E-state index in [1.54, 1.807) is 0 Å². The lowest BCUT2D eigenvalue weighted by Gasteiger charge is -2.27. The van der Waals surface area contributed by atoms with Gasteiger partial charge in [-0.15, -0.1) is 0 Å². The zero-order valence-electron chi connectivity index (χ0n) is 17.0. The summed E-state index contributed by atoms with van der Waals surface area (Å²) in [6.07, 6.45) is 3.88. The van der Waals surface area contributed by atoms with E-state index in [4.69, 9.17) is 0 Å². The Labute approximate surface area is 174 Å². The predicted molar refractivity (Wildman–Crippen MR) is 124 cm³/mol. The van der Waals surface area contributed by atoms with Gasteiger partial charge in [0, 0.05) is 6.54 Å². The van der Waals surface area contributed by atoms with Crippen LogP contribution in [0.3, 0.4) is 0 Å². The summed E-state index contributed by atoms with van der Waals surface area (Å²) in [6.45, 7) is 0.653. The van der Waals surface area contributed by atoms with Crippen molar-refractivity contribution in [3.8, 4) is 0 Å². The molecule has 3 rings (SSSR count). The molecular formula is C25H29NO2P+. The average molecular weight is 406 g/mol. The summed E-state index contributed by atoms with van der Waals surface area (Å²) in [5.74, 6) is 0. The highest BCUT2D eigenvalue weighted by molar-refractivity contribution is 7.95. The van der Waals surface area contributed by atoms with Gasteiger partial charge in [-0.25, -0.2) is 4.79 Å². The van der Waals surface area contributed by atoms with Gasteiger partial charge in [0.25, 0.3) is 0 Å². The fraction of sp³-hybridized carbons (Fsp3) is 0.240. The van der Waals surface area contributed by atoms with Crippen molar-refractivity contribution < 1.29 is 9.53 Å². The summed E-state index contributed by atoms with van der Waals surface area (Å²) >= 11 is 0. The Balaban J connectivity index is 1.88. The Kier molecular flexibility index (Phi) is 7.84. The summed E-state index contributed by atoms with van der Waals surface area (Å²) in [5.41, 5.74) is 0. The largest absolute Gasteiger partial charge is 0.453 e. The van der Waals surface area contributed by atoms with Crippen LogP contribution in [0.25, 0.3) is 0 Å². The number of carbonyl (C=O) groups is 1. The van der Waals surface area contributed by atoms with Crippen molar-refractivity contribution in [2.75, 3.05) is 19.8 Å². The molecule has 3 nitrogen and oxygen atoms in total. The molecule has 0 bridgehead atoms. The van der Waals surface area contributed by atoms with Crippen LogP contribution in [0.2, 0.25) is 0 Å². The lowest BCUT2D eigenvalue weighted by molar-refractivity contribution is 0.171. The SMILES string of the molecule is COC(=O)NCCCCC[P+](c1ccccc1)(c1ccccc1)c1ccccc1. The van der Waals surface area contributed by atoms with Crippen LogP contribution in [0.1, 0.15) is 19.3 Å². The number of amides is 1.